The van der Waals surface area contributed by atoms with E-state index in [0.717, 1.165) is 17.7 Å². The summed E-state index contributed by atoms with van der Waals surface area (Å²) in [7, 11) is 0. The third-order valence-corrected chi connectivity index (χ3v) is 3.79. The van der Waals surface area contributed by atoms with Gasteiger partial charge in [-0.1, -0.05) is 30.3 Å². The first kappa shape index (κ1) is 13.5. The van der Waals surface area contributed by atoms with Crippen LogP contribution in [0.4, 0.5) is 0 Å². The van der Waals surface area contributed by atoms with Crippen molar-refractivity contribution in [3.05, 3.63) is 66.0 Å². The van der Waals surface area contributed by atoms with Crippen molar-refractivity contribution in [1.82, 2.24) is 10.4 Å². The highest BCUT2D eigenvalue weighted by Crippen LogP contribution is 2.47. The number of nitrogens with one attached hydrogen (secondary N) is 1. The van der Waals surface area contributed by atoms with E-state index in [4.69, 9.17) is 0 Å². The maximum Gasteiger partial charge on any atom is 0.243 e. The second-order valence-corrected chi connectivity index (χ2v) is 5.27. The number of hydrazone groups is 1. The molecule has 0 spiro atoms. The Balaban J connectivity index is 1.59. The molecule has 1 aromatic carbocycles. The summed E-state index contributed by atoms with van der Waals surface area (Å²) in [4.78, 5) is 16.1. The number of aromatic nitrogens is 1. The van der Waals surface area contributed by atoms with E-state index >= 15 is 0 Å². The van der Waals surface area contributed by atoms with Crippen LogP contribution in [0.15, 0.2) is 60.0 Å². The highest BCUT2D eigenvalue weighted by molar-refractivity contribution is 5.99. The SMILES string of the molecule is CC(=NNC(=O)C1CC1c1ccccc1)c1ccncc1. The first-order chi connectivity index (χ1) is 10.3. The monoisotopic (exact) mass is 279 g/mol. The van der Waals surface area contributed by atoms with Crippen LogP contribution in [0.5, 0.6) is 0 Å². The van der Waals surface area contributed by atoms with E-state index in [0.29, 0.717) is 5.92 Å². The highest BCUT2D eigenvalue weighted by atomic mass is 16.2. The molecule has 1 amide bonds. The maximum absolute atomic E-state index is 12.1. The van der Waals surface area contributed by atoms with Crippen molar-refractivity contribution in [2.45, 2.75) is 19.3 Å². The summed E-state index contributed by atoms with van der Waals surface area (Å²) < 4.78 is 0. The van der Waals surface area contributed by atoms with Crippen LogP contribution in [0.3, 0.4) is 0 Å². The van der Waals surface area contributed by atoms with E-state index < -0.39 is 0 Å². The van der Waals surface area contributed by atoms with Gasteiger partial charge in [-0.2, -0.15) is 5.10 Å². The lowest BCUT2D eigenvalue weighted by molar-refractivity contribution is -0.122. The molecule has 0 aliphatic heterocycles. The lowest BCUT2D eigenvalue weighted by Gasteiger charge is -2.03. The topological polar surface area (TPSA) is 54.4 Å². The van der Waals surface area contributed by atoms with Gasteiger partial charge in [-0.3, -0.25) is 9.78 Å². The summed E-state index contributed by atoms with van der Waals surface area (Å²) >= 11 is 0. The van der Waals surface area contributed by atoms with Gasteiger partial charge in [0.1, 0.15) is 0 Å². The van der Waals surface area contributed by atoms with E-state index in [2.05, 4.69) is 27.6 Å². The van der Waals surface area contributed by atoms with Gasteiger partial charge in [0.05, 0.1) is 5.71 Å². The Labute approximate surface area is 123 Å². The summed E-state index contributed by atoms with van der Waals surface area (Å²) in [6, 6.07) is 13.9. The van der Waals surface area contributed by atoms with E-state index in [1.165, 1.54) is 5.56 Å². The summed E-state index contributed by atoms with van der Waals surface area (Å²) in [6.45, 7) is 1.87. The largest absolute Gasteiger partial charge is 0.273 e. The van der Waals surface area contributed by atoms with Gasteiger partial charge in [-0.25, -0.2) is 5.43 Å². The van der Waals surface area contributed by atoms with Crippen LogP contribution >= 0.6 is 0 Å². The molecule has 1 heterocycles. The molecule has 4 heteroatoms. The standard InChI is InChI=1S/C17H17N3O/c1-12(13-7-9-18-10-8-13)19-20-17(21)16-11-15(16)14-5-3-2-4-6-14/h2-10,15-16H,11H2,1H3,(H,20,21). The van der Waals surface area contributed by atoms with Crippen molar-refractivity contribution >= 4 is 11.6 Å². The molecule has 4 nitrogen and oxygen atoms in total. The minimum absolute atomic E-state index is 0.00254. The molecule has 21 heavy (non-hydrogen) atoms. The Morgan fingerprint density at radius 1 is 1.19 bits per heavy atom. The molecule has 1 saturated carbocycles. The van der Waals surface area contributed by atoms with Gasteiger partial charge in [-0.15, -0.1) is 0 Å². The Bertz CT molecular complexity index is 652. The van der Waals surface area contributed by atoms with Crippen molar-refractivity contribution < 1.29 is 4.79 Å². The lowest BCUT2D eigenvalue weighted by atomic mass is 10.1. The van der Waals surface area contributed by atoms with Crippen molar-refractivity contribution in [3.63, 3.8) is 0 Å². The van der Waals surface area contributed by atoms with Crippen LogP contribution < -0.4 is 5.43 Å². The third kappa shape index (κ3) is 3.16. The van der Waals surface area contributed by atoms with Crippen molar-refractivity contribution in [3.8, 4) is 0 Å². The van der Waals surface area contributed by atoms with Crippen molar-refractivity contribution in [2.75, 3.05) is 0 Å². The molecule has 2 atom stereocenters. The van der Waals surface area contributed by atoms with E-state index in [9.17, 15) is 4.79 Å². The second kappa shape index (κ2) is 5.87. The minimum Gasteiger partial charge on any atom is -0.273 e. The fraction of sp³-hybridized carbons (Fsp3) is 0.235. The minimum atomic E-state index is -0.00254. The molecule has 1 aromatic heterocycles. The molecule has 1 aliphatic rings. The number of pyridine rings is 1. The van der Waals surface area contributed by atoms with Gasteiger partial charge in [0.2, 0.25) is 5.91 Å². The first-order valence-corrected chi connectivity index (χ1v) is 7.05. The number of carbonyl (C=O) groups excluding carboxylic acids is 1. The second-order valence-electron chi connectivity index (χ2n) is 5.27. The number of benzene rings is 1. The quantitative estimate of drug-likeness (QED) is 0.691. The van der Waals surface area contributed by atoms with Gasteiger partial charge in [-0.05, 0) is 37.0 Å². The molecular weight excluding hydrogens is 262 g/mol. The fourth-order valence-corrected chi connectivity index (χ4v) is 2.43. The number of amides is 1. The molecule has 0 bridgehead atoms. The van der Waals surface area contributed by atoms with Crippen LogP contribution in [0.2, 0.25) is 0 Å². The van der Waals surface area contributed by atoms with Crippen LogP contribution in [-0.4, -0.2) is 16.6 Å². The van der Waals surface area contributed by atoms with Crippen LogP contribution in [0.25, 0.3) is 0 Å². The number of hydrogen-bond donors (Lipinski definition) is 1. The Hall–Kier alpha value is -2.49. The zero-order valence-electron chi connectivity index (χ0n) is 11.9. The lowest BCUT2D eigenvalue weighted by Crippen LogP contribution is -2.21. The molecule has 1 N–H and O–H groups in total. The van der Waals surface area contributed by atoms with Gasteiger partial charge < -0.3 is 0 Å². The number of rotatable bonds is 4. The third-order valence-electron chi connectivity index (χ3n) is 3.79. The first-order valence-electron chi connectivity index (χ1n) is 7.05. The molecular formula is C17H17N3O. The average Bonchev–Trinajstić information content (AvgIpc) is 3.35. The number of carbonyl (C=O) groups is 1. The van der Waals surface area contributed by atoms with Crippen molar-refractivity contribution in [2.24, 2.45) is 11.0 Å². The van der Waals surface area contributed by atoms with Crippen LogP contribution in [0.1, 0.15) is 30.4 Å². The molecule has 1 aliphatic carbocycles. The molecule has 0 saturated heterocycles. The molecule has 1 fully saturated rings. The van der Waals surface area contributed by atoms with Gasteiger partial charge in [0.15, 0.2) is 0 Å². The molecule has 2 aromatic rings. The zero-order chi connectivity index (χ0) is 14.7. The predicted octanol–water partition coefficient (Wildman–Crippen LogP) is 2.73. The number of hydrogen-bond acceptors (Lipinski definition) is 3. The summed E-state index contributed by atoms with van der Waals surface area (Å²) in [5, 5.41) is 4.17. The molecule has 0 radical (unpaired) electrons. The van der Waals surface area contributed by atoms with Crippen molar-refractivity contribution in [1.29, 1.82) is 0 Å². The van der Waals surface area contributed by atoms with Gasteiger partial charge in [0.25, 0.3) is 0 Å². The van der Waals surface area contributed by atoms with E-state index in [1.54, 1.807) is 12.4 Å². The predicted molar refractivity (Wildman–Crippen MR) is 81.9 cm³/mol. The molecule has 3 rings (SSSR count). The number of nitrogens with zero attached hydrogens (tertiary/aromatic N) is 2. The summed E-state index contributed by atoms with van der Waals surface area (Å²) in [5.74, 6) is 0.376. The van der Waals surface area contributed by atoms with Gasteiger partial charge in [0, 0.05) is 23.9 Å². The highest BCUT2D eigenvalue weighted by Gasteiger charge is 2.43. The van der Waals surface area contributed by atoms with Crippen LogP contribution in [0, 0.1) is 5.92 Å². The Morgan fingerprint density at radius 2 is 1.90 bits per heavy atom. The van der Waals surface area contributed by atoms with E-state index in [-0.39, 0.29) is 11.8 Å². The Kier molecular flexibility index (Phi) is 3.77. The summed E-state index contributed by atoms with van der Waals surface area (Å²) in [6.07, 6.45) is 4.32. The van der Waals surface area contributed by atoms with E-state index in [1.807, 2.05) is 37.3 Å². The smallest absolute Gasteiger partial charge is 0.243 e. The Morgan fingerprint density at radius 3 is 2.62 bits per heavy atom. The van der Waals surface area contributed by atoms with Gasteiger partial charge >= 0.3 is 0 Å². The zero-order valence-corrected chi connectivity index (χ0v) is 11.9. The average molecular weight is 279 g/mol. The fourth-order valence-electron chi connectivity index (χ4n) is 2.43. The van der Waals surface area contributed by atoms with Crippen LogP contribution in [-0.2, 0) is 4.79 Å². The molecule has 2 unspecified atom stereocenters. The molecule has 106 valence electrons. The normalized spacial score (nSPS) is 20.9. The summed E-state index contributed by atoms with van der Waals surface area (Å²) in [5.41, 5.74) is 5.64. The maximum atomic E-state index is 12.1.